The van der Waals surface area contributed by atoms with Gasteiger partial charge in [-0.2, -0.15) is 0 Å². The van der Waals surface area contributed by atoms with Crippen LogP contribution in [0.2, 0.25) is 0 Å². The van der Waals surface area contributed by atoms with Gasteiger partial charge in [-0.25, -0.2) is 9.97 Å². The van der Waals surface area contributed by atoms with Crippen molar-refractivity contribution in [3.63, 3.8) is 0 Å². The Morgan fingerprint density at radius 3 is 2.64 bits per heavy atom. The van der Waals surface area contributed by atoms with E-state index >= 15 is 0 Å². The lowest BCUT2D eigenvalue weighted by Crippen LogP contribution is -2.07. The fraction of sp³-hybridized carbons (Fsp3) is 0.273. The average Bonchev–Trinajstić information content (AvgIpc) is 2.73. The molecule has 1 heterocycles. The van der Waals surface area contributed by atoms with Crippen molar-refractivity contribution < 1.29 is 14.2 Å². The molecule has 1 N–H and O–H groups in total. The van der Waals surface area contributed by atoms with Crippen LogP contribution in [0.15, 0.2) is 42.7 Å². The molecular weight excluding hydrogens is 354 g/mol. The van der Waals surface area contributed by atoms with Gasteiger partial charge in [0.15, 0.2) is 11.5 Å². The average molecular weight is 377 g/mol. The smallest absolute Gasteiger partial charge is 0.163 e. The monoisotopic (exact) mass is 377 g/mol. The molecule has 2 aromatic carbocycles. The van der Waals surface area contributed by atoms with Crippen LogP contribution in [-0.2, 0) is 4.74 Å². The highest BCUT2D eigenvalue weighted by Crippen LogP contribution is 2.35. The topological polar surface area (TPSA) is 65.5 Å². The summed E-state index contributed by atoms with van der Waals surface area (Å²) in [6, 6.07) is 11.4. The Morgan fingerprint density at radius 1 is 1.04 bits per heavy atom. The van der Waals surface area contributed by atoms with Gasteiger partial charge in [-0.1, -0.05) is 18.9 Å². The number of benzene rings is 2. The number of fused-ring (bicyclic) bond motifs is 1. The van der Waals surface area contributed by atoms with Crippen LogP contribution in [0.5, 0.6) is 11.5 Å². The maximum absolute atomic E-state index is 5.86. The number of nitrogens with one attached hydrogen (secondary N) is 1. The number of terminal acetylenes is 1. The van der Waals surface area contributed by atoms with Gasteiger partial charge in [0.1, 0.15) is 18.8 Å². The van der Waals surface area contributed by atoms with Gasteiger partial charge in [0.2, 0.25) is 0 Å². The first-order valence-electron chi connectivity index (χ1n) is 9.12. The fourth-order valence-electron chi connectivity index (χ4n) is 2.66. The lowest BCUT2D eigenvalue weighted by Gasteiger charge is -2.15. The summed E-state index contributed by atoms with van der Waals surface area (Å²) >= 11 is 0. The molecule has 0 amide bonds. The predicted molar refractivity (Wildman–Crippen MR) is 110 cm³/mol. The zero-order chi connectivity index (χ0) is 19.8. The van der Waals surface area contributed by atoms with E-state index in [0.717, 1.165) is 28.6 Å². The van der Waals surface area contributed by atoms with E-state index in [2.05, 4.69) is 28.1 Å². The molecule has 3 rings (SSSR count). The van der Waals surface area contributed by atoms with E-state index in [1.807, 2.05) is 36.4 Å². The van der Waals surface area contributed by atoms with Gasteiger partial charge in [0.25, 0.3) is 0 Å². The minimum absolute atomic E-state index is 0.422. The van der Waals surface area contributed by atoms with Crippen LogP contribution in [0.4, 0.5) is 11.5 Å². The molecule has 1 aromatic heterocycles. The minimum atomic E-state index is 0.422. The second-order valence-electron chi connectivity index (χ2n) is 6.08. The highest BCUT2D eigenvalue weighted by atomic mass is 16.5. The first-order chi connectivity index (χ1) is 13.7. The number of rotatable bonds is 9. The molecule has 3 aromatic rings. The Hall–Kier alpha value is -3.30. The van der Waals surface area contributed by atoms with Gasteiger partial charge in [-0.05, 0) is 30.7 Å². The summed E-state index contributed by atoms with van der Waals surface area (Å²) in [5.41, 5.74) is 2.40. The molecule has 0 saturated carbocycles. The van der Waals surface area contributed by atoms with Crippen LogP contribution in [-0.4, -0.2) is 36.9 Å². The summed E-state index contributed by atoms with van der Waals surface area (Å²) in [6.07, 6.45) is 7.91. The van der Waals surface area contributed by atoms with Gasteiger partial charge >= 0.3 is 0 Å². The lowest BCUT2D eigenvalue weighted by atomic mass is 10.2. The molecule has 144 valence electrons. The molecule has 0 atom stereocenters. The summed E-state index contributed by atoms with van der Waals surface area (Å²) < 4.78 is 16.8. The maximum Gasteiger partial charge on any atom is 0.163 e. The van der Waals surface area contributed by atoms with Crippen molar-refractivity contribution in [1.29, 1.82) is 0 Å². The third-order valence-electron chi connectivity index (χ3n) is 4.00. The third-order valence-corrected chi connectivity index (χ3v) is 4.00. The molecule has 6 nitrogen and oxygen atoms in total. The summed E-state index contributed by atoms with van der Waals surface area (Å²) in [5, 5.41) is 4.13. The van der Waals surface area contributed by atoms with Crippen LogP contribution in [0.3, 0.4) is 0 Å². The van der Waals surface area contributed by atoms with Crippen LogP contribution in [0.25, 0.3) is 10.9 Å². The molecule has 0 saturated heterocycles. The van der Waals surface area contributed by atoms with Crippen molar-refractivity contribution in [3.05, 3.63) is 48.3 Å². The highest BCUT2D eigenvalue weighted by molar-refractivity contribution is 5.93. The summed E-state index contributed by atoms with van der Waals surface area (Å²) in [6.45, 7) is 3.56. The quantitative estimate of drug-likeness (QED) is 0.446. The largest absolute Gasteiger partial charge is 0.490 e. The van der Waals surface area contributed by atoms with Crippen LogP contribution >= 0.6 is 0 Å². The van der Waals surface area contributed by atoms with Crippen molar-refractivity contribution in [2.45, 2.75) is 13.3 Å². The zero-order valence-corrected chi connectivity index (χ0v) is 16.1. The summed E-state index contributed by atoms with van der Waals surface area (Å²) in [7, 11) is 1.64. The van der Waals surface area contributed by atoms with E-state index in [1.54, 1.807) is 7.11 Å². The summed E-state index contributed by atoms with van der Waals surface area (Å²) in [4.78, 5) is 8.77. The van der Waals surface area contributed by atoms with Gasteiger partial charge in [0.05, 0.1) is 18.7 Å². The van der Waals surface area contributed by atoms with Crippen LogP contribution in [0, 0.1) is 12.3 Å². The first kappa shape index (κ1) is 19.5. The van der Waals surface area contributed by atoms with Gasteiger partial charge in [-0.15, -0.1) is 6.42 Å². The summed E-state index contributed by atoms with van der Waals surface area (Å²) in [5.74, 6) is 4.59. The third kappa shape index (κ3) is 4.70. The SMILES string of the molecule is C#Cc1cccc(Nc2ncnc3cc(OCCC)c(OCCOC)cc23)c1. The van der Waals surface area contributed by atoms with E-state index in [-0.39, 0.29) is 0 Å². The molecule has 6 heteroatoms. The van der Waals surface area contributed by atoms with Gasteiger partial charge < -0.3 is 19.5 Å². The van der Waals surface area contributed by atoms with Crippen LogP contribution < -0.4 is 14.8 Å². The van der Waals surface area contributed by atoms with E-state index in [1.165, 1.54) is 6.33 Å². The Morgan fingerprint density at radius 2 is 1.86 bits per heavy atom. The molecule has 0 fully saturated rings. The van der Waals surface area contributed by atoms with Crippen molar-refractivity contribution in [2.75, 3.05) is 32.2 Å². The Labute approximate surface area is 164 Å². The van der Waals surface area contributed by atoms with Crippen molar-refractivity contribution in [3.8, 4) is 23.8 Å². The van der Waals surface area contributed by atoms with E-state index in [0.29, 0.717) is 37.1 Å². The van der Waals surface area contributed by atoms with E-state index in [4.69, 9.17) is 20.6 Å². The van der Waals surface area contributed by atoms with E-state index < -0.39 is 0 Å². The van der Waals surface area contributed by atoms with Crippen LogP contribution in [0.1, 0.15) is 18.9 Å². The number of ether oxygens (including phenoxy) is 3. The Balaban J connectivity index is 1.98. The van der Waals surface area contributed by atoms with E-state index in [9.17, 15) is 0 Å². The number of nitrogens with zero attached hydrogens (tertiary/aromatic N) is 2. The Kier molecular flexibility index (Phi) is 6.66. The van der Waals surface area contributed by atoms with Gasteiger partial charge in [0, 0.05) is 29.8 Å². The minimum Gasteiger partial charge on any atom is -0.490 e. The highest BCUT2D eigenvalue weighted by Gasteiger charge is 2.13. The van der Waals surface area contributed by atoms with Gasteiger partial charge in [-0.3, -0.25) is 0 Å². The molecule has 0 aliphatic carbocycles. The molecule has 28 heavy (non-hydrogen) atoms. The van der Waals surface area contributed by atoms with Crippen molar-refractivity contribution >= 4 is 22.4 Å². The number of anilines is 2. The lowest BCUT2D eigenvalue weighted by molar-refractivity contribution is 0.143. The zero-order valence-electron chi connectivity index (χ0n) is 16.1. The molecule has 0 aliphatic rings. The molecule has 0 unspecified atom stereocenters. The second-order valence-corrected chi connectivity index (χ2v) is 6.08. The van der Waals surface area contributed by atoms with Crippen molar-refractivity contribution in [2.24, 2.45) is 0 Å². The Bertz CT molecular complexity index is 982. The molecule has 0 bridgehead atoms. The van der Waals surface area contributed by atoms with Crippen molar-refractivity contribution in [1.82, 2.24) is 9.97 Å². The first-order valence-corrected chi connectivity index (χ1v) is 9.12. The standard InChI is InChI=1S/C22H23N3O3/c1-4-9-27-21-14-19-18(13-20(21)28-11-10-26-3)22(24-15-23-19)25-17-8-6-7-16(5-2)12-17/h2,6-8,12-15H,4,9-11H2,1,3H3,(H,23,24,25). The fourth-order valence-corrected chi connectivity index (χ4v) is 2.66. The molecule has 0 spiro atoms. The second kappa shape index (κ2) is 9.58. The normalized spacial score (nSPS) is 10.5. The molecule has 0 aliphatic heterocycles. The predicted octanol–water partition coefficient (Wildman–Crippen LogP) is 4.17. The number of hydrogen-bond donors (Lipinski definition) is 1. The molecular formula is C22H23N3O3. The molecule has 0 radical (unpaired) electrons. The number of methoxy groups -OCH3 is 1. The number of aromatic nitrogens is 2. The maximum atomic E-state index is 5.86. The number of hydrogen-bond acceptors (Lipinski definition) is 6.